The van der Waals surface area contributed by atoms with E-state index in [1.807, 2.05) is 26.8 Å². The number of aryl methyl sites for hydroxylation is 1. The van der Waals surface area contributed by atoms with Crippen molar-refractivity contribution in [2.45, 2.75) is 53.4 Å². The van der Waals surface area contributed by atoms with Gasteiger partial charge in [-0.3, -0.25) is 4.79 Å². The number of nitrogens with zero attached hydrogens (tertiary/aromatic N) is 3. The number of carbonyl (C=O) groups is 1. The van der Waals surface area contributed by atoms with Crippen LogP contribution in [0.15, 0.2) is 6.07 Å². The first-order valence-corrected chi connectivity index (χ1v) is 8.44. The third-order valence-corrected chi connectivity index (χ3v) is 4.85. The van der Waals surface area contributed by atoms with Crippen LogP contribution in [0.4, 0.5) is 5.82 Å². The lowest BCUT2D eigenvalue weighted by molar-refractivity contribution is -0.154. The van der Waals surface area contributed by atoms with Gasteiger partial charge in [0.1, 0.15) is 11.6 Å². The van der Waals surface area contributed by atoms with Gasteiger partial charge in [0.05, 0.1) is 12.5 Å². The summed E-state index contributed by atoms with van der Waals surface area (Å²) in [7, 11) is 1.47. The minimum absolute atomic E-state index is 0.133. The molecule has 23 heavy (non-hydrogen) atoms. The number of aromatic nitrogens is 2. The van der Waals surface area contributed by atoms with Crippen molar-refractivity contribution in [2.24, 2.45) is 11.3 Å². The third kappa shape index (κ3) is 3.82. The van der Waals surface area contributed by atoms with Crippen LogP contribution in [0.25, 0.3) is 0 Å². The SMILES string of the molecule is COC(=O)C(C)(C)C1CCCN(c2cc(C)nc(C(C)C)n2)C1. The molecule has 0 radical (unpaired) electrons. The minimum atomic E-state index is -0.476. The molecule has 2 rings (SSSR count). The second-order valence-corrected chi connectivity index (χ2v) is 7.38. The number of piperidine rings is 1. The van der Waals surface area contributed by atoms with Crippen molar-refractivity contribution in [1.29, 1.82) is 0 Å². The van der Waals surface area contributed by atoms with Gasteiger partial charge in [0.15, 0.2) is 0 Å². The van der Waals surface area contributed by atoms with Crippen molar-refractivity contribution < 1.29 is 9.53 Å². The molecule has 1 aliphatic rings. The van der Waals surface area contributed by atoms with Gasteiger partial charge in [0.2, 0.25) is 0 Å². The van der Waals surface area contributed by atoms with Gasteiger partial charge in [-0.25, -0.2) is 9.97 Å². The van der Waals surface area contributed by atoms with Crippen LogP contribution in [-0.2, 0) is 9.53 Å². The zero-order valence-corrected chi connectivity index (χ0v) is 15.2. The Morgan fingerprint density at radius 2 is 2.09 bits per heavy atom. The van der Waals surface area contributed by atoms with Crippen LogP contribution in [0.2, 0.25) is 0 Å². The van der Waals surface area contributed by atoms with Crippen molar-refractivity contribution in [2.75, 3.05) is 25.1 Å². The summed E-state index contributed by atoms with van der Waals surface area (Å²) in [5.74, 6) is 2.30. The van der Waals surface area contributed by atoms with E-state index in [1.165, 1.54) is 7.11 Å². The van der Waals surface area contributed by atoms with Crippen LogP contribution >= 0.6 is 0 Å². The topological polar surface area (TPSA) is 55.3 Å². The maximum absolute atomic E-state index is 12.1. The van der Waals surface area contributed by atoms with Crippen LogP contribution in [0, 0.1) is 18.3 Å². The molecule has 0 amide bonds. The summed E-state index contributed by atoms with van der Waals surface area (Å²) in [6, 6.07) is 2.04. The lowest BCUT2D eigenvalue weighted by atomic mass is 9.74. The van der Waals surface area contributed by atoms with E-state index in [-0.39, 0.29) is 11.9 Å². The Morgan fingerprint density at radius 1 is 1.39 bits per heavy atom. The molecule has 5 nitrogen and oxygen atoms in total. The summed E-state index contributed by atoms with van der Waals surface area (Å²) < 4.78 is 5.00. The van der Waals surface area contributed by atoms with Gasteiger partial charge in [0.25, 0.3) is 0 Å². The third-order valence-electron chi connectivity index (χ3n) is 4.85. The fraction of sp³-hybridized carbons (Fsp3) is 0.722. The highest BCUT2D eigenvalue weighted by Gasteiger charge is 2.40. The Labute approximate surface area is 139 Å². The quantitative estimate of drug-likeness (QED) is 0.797. The minimum Gasteiger partial charge on any atom is -0.469 e. The molecule has 0 saturated carbocycles. The van der Waals surface area contributed by atoms with Gasteiger partial charge < -0.3 is 9.64 Å². The molecule has 0 aliphatic carbocycles. The number of hydrogen-bond acceptors (Lipinski definition) is 5. The molecule has 0 aromatic carbocycles. The summed E-state index contributed by atoms with van der Waals surface area (Å²) in [5, 5.41) is 0. The van der Waals surface area contributed by atoms with Gasteiger partial charge in [0, 0.05) is 30.8 Å². The lowest BCUT2D eigenvalue weighted by Crippen LogP contribution is -2.45. The Hall–Kier alpha value is -1.65. The molecule has 1 aromatic heterocycles. The van der Waals surface area contributed by atoms with Gasteiger partial charge in [-0.15, -0.1) is 0 Å². The second kappa shape index (κ2) is 6.85. The first-order chi connectivity index (χ1) is 10.8. The van der Waals surface area contributed by atoms with E-state index in [2.05, 4.69) is 23.7 Å². The summed E-state index contributed by atoms with van der Waals surface area (Å²) in [4.78, 5) is 23.7. The van der Waals surface area contributed by atoms with E-state index in [9.17, 15) is 4.79 Å². The maximum atomic E-state index is 12.1. The molecule has 2 heterocycles. The molecule has 1 fully saturated rings. The lowest BCUT2D eigenvalue weighted by Gasteiger charge is -2.40. The second-order valence-electron chi connectivity index (χ2n) is 7.38. The molecule has 1 aromatic rings. The van der Waals surface area contributed by atoms with Crippen LogP contribution in [0.3, 0.4) is 0 Å². The first kappa shape index (κ1) is 17.7. The molecule has 5 heteroatoms. The smallest absolute Gasteiger partial charge is 0.311 e. The number of esters is 1. The van der Waals surface area contributed by atoms with Gasteiger partial charge >= 0.3 is 5.97 Å². The molecule has 0 spiro atoms. The summed E-state index contributed by atoms with van der Waals surface area (Å²) >= 11 is 0. The molecule has 1 unspecified atom stereocenters. The normalized spacial score (nSPS) is 19.1. The number of hydrogen-bond donors (Lipinski definition) is 0. The van der Waals surface area contributed by atoms with E-state index in [1.54, 1.807) is 0 Å². The highest BCUT2D eigenvalue weighted by molar-refractivity contribution is 5.76. The van der Waals surface area contributed by atoms with Crippen LogP contribution in [0.5, 0.6) is 0 Å². The van der Waals surface area contributed by atoms with Gasteiger partial charge in [-0.1, -0.05) is 13.8 Å². The Kier molecular flexibility index (Phi) is 5.27. The number of anilines is 1. The van der Waals surface area contributed by atoms with Crippen molar-refractivity contribution in [1.82, 2.24) is 9.97 Å². The van der Waals surface area contributed by atoms with Crippen molar-refractivity contribution in [3.8, 4) is 0 Å². The summed E-state index contributed by atoms with van der Waals surface area (Å²) in [6.45, 7) is 12.0. The molecule has 128 valence electrons. The fourth-order valence-electron chi connectivity index (χ4n) is 3.20. The largest absolute Gasteiger partial charge is 0.469 e. The van der Waals surface area contributed by atoms with E-state index < -0.39 is 5.41 Å². The van der Waals surface area contributed by atoms with Gasteiger partial charge in [-0.2, -0.15) is 0 Å². The van der Waals surface area contributed by atoms with Crippen molar-refractivity contribution >= 4 is 11.8 Å². The zero-order valence-electron chi connectivity index (χ0n) is 15.2. The van der Waals surface area contributed by atoms with Crippen molar-refractivity contribution in [3.63, 3.8) is 0 Å². The fourth-order valence-corrected chi connectivity index (χ4v) is 3.20. The monoisotopic (exact) mass is 319 g/mol. The molecule has 1 aliphatic heterocycles. The van der Waals surface area contributed by atoms with E-state index in [4.69, 9.17) is 9.72 Å². The standard InChI is InChI=1S/C18H29N3O2/c1-12(2)16-19-13(3)10-15(20-16)21-9-7-8-14(11-21)18(4,5)17(22)23-6/h10,12,14H,7-9,11H2,1-6H3. The molecular weight excluding hydrogens is 290 g/mol. The highest BCUT2D eigenvalue weighted by atomic mass is 16.5. The predicted octanol–water partition coefficient (Wildman–Crippen LogP) is 3.32. The molecule has 1 atom stereocenters. The predicted molar refractivity (Wildman–Crippen MR) is 91.6 cm³/mol. The number of ether oxygens (including phenoxy) is 1. The summed E-state index contributed by atoms with van der Waals surface area (Å²) in [6.07, 6.45) is 2.10. The summed E-state index contributed by atoms with van der Waals surface area (Å²) in [5.41, 5.74) is 0.518. The van der Waals surface area contributed by atoms with Crippen LogP contribution in [-0.4, -0.2) is 36.1 Å². The average molecular weight is 319 g/mol. The molecular formula is C18H29N3O2. The molecule has 0 N–H and O–H groups in total. The maximum Gasteiger partial charge on any atom is 0.311 e. The van der Waals surface area contributed by atoms with Gasteiger partial charge in [-0.05, 0) is 39.5 Å². The Balaban J connectivity index is 2.23. The molecule has 1 saturated heterocycles. The Morgan fingerprint density at radius 3 is 2.70 bits per heavy atom. The number of carbonyl (C=O) groups excluding carboxylic acids is 1. The van der Waals surface area contributed by atoms with E-state index in [0.29, 0.717) is 5.92 Å². The van der Waals surface area contributed by atoms with Crippen LogP contribution in [0.1, 0.15) is 58.0 Å². The number of methoxy groups -OCH3 is 1. The first-order valence-electron chi connectivity index (χ1n) is 8.44. The Bertz CT molecular complexity index is 569. The molecule has 0 bridgehead atoms. The van der Waals surface area contributed by atoms with E-state index >= 15 is 0 Å². The van der Waals surface area contributed by atoms with Crippen LogP contribution < -0.4 is 4.90 Å². The van der Waals surface area contributed by atoms with Crippen molar-refractivity contribution in [3.05, 3.63) is 17.6 Å². The average Bonchev–Trinajstić information content (AvgIpc) is 2.53. The van der Waals surface area contributed by atoms with E-state index in [0.717, 1.165) is 43.3 Å². The zero-order chi connectivity index (χ0) is 17.2. The number of rotatable bonds is 4. The highest BCUT2D eigenvalue weighted by Crippen LogP contribution is 2.36.